The molecule has 156 valence electrons. The minimum atomic E-state index is -1.22. The summed E-state index contributed by atoms with van der Waals surface area (Å²) in [5.74, 6) is -2.79. The Bertz CT molecular complexity index is 448. The van der Waals surface area contributed by atoms with Crippen molar-refractivity contribution in [3.63, 3.8) is 0 Å². The standard InChI is InChI=1S/C21H37NO5/c1-2-3-4-5-6-7-8-9-10-11-12-13-14-15-19(23)22-18(21(26)27)16-17-20(24)25/h14-15,18H,2-13,16-17H2,1H3,(H,22,23)(H,24,25)(H,26,27). The molecular formula is C21H37NO5. The van der Waals surface area contributed by atoms with Gasteiger partial charge in [-0.2, -0.15) is 0 Å². The van der Waals surface area contributed by atoms with Crippen LogP contribution in [0.15, 0.2) is 12.2 Å². The third-order valence-electron chi connectivity index (χ3n) is 4.51. The number of hydrogen-bond donors (Lipinski definition) is 3. The Hall–Kier alpha value is -1.85. The van der Waals surface area contributed by atoms with E-state index in [4.69, 9.17) is 10.2 Å². The molecule has 0 bridgehead atoms. The largest absolute Gasteiger partial charge is 0.481 e. The van der Waals surface area contributed by atoms with Crippen LogP contribution in [-0.2, 0) is 14.4 Å². The van der Waals surface area contributed by atoms with Gasteiger partial charge in [0, 0.05) is 6.42 Å². The van der Waals surface area contributed by atoms with E-state index in [1.165, 1.54) is 63.9 Å². The maximum absolute atomic E-state index is 11.7. The zero-order valence-electron chi connectivity index (χ0n) is 16.8. The molecule has 0 aromatic carbocycles. The van der Waals surface area contributed by atoms with Crippen LogP contribution in [0.25, 0.3) is 0 Å². The number of amides is 1. The molecule has 3 N–H and O–H groups in total. The average Bonchev–Trinajstić information content (AvgIpc) is 2.62. The van der Waals surface area contributed by atoms with Gasteiger partial charge in [-0.15, -0.1) is 0 Å². The summed E-state index contributed by atoms with van der Waals surface area (Å²) < 4.78 is 0. The van der Waals surface area contributed by atoms with Crippen molar-refractivity contribution < 1.29 is 24.6 Å². The average molecular weight is 384 g/mol. The van der Waals surface area contributed by atoms with Crippen molar-refractivity contribution in [3.8, 4) is 0 Å². The molecule has 6 nitrogen and oxygen atoms in total. The Balaban J connectivity index is 3.65. The first-order chi connectivity index (χ1) is 13.0. The number of nitrogens with one attached hydrogen (secondary N) is 1. The summed E-state index contributed by atoms with van der Waals surface area (Å²) in [5, 5.41) is 19.9. The highest BCUT2D eigenvalue weighted by atomic mass is 16.4. The fourth-order valence-electron chi connectivity index (χ4n) is 2.86. The van der Waals surface area contributed by atoms with Crippen molar-refractivity contribution >= 4 is 17.8 Å². The summed E-state index contributed by atoms with van der Waals surface area (Å²) in [6.07, 6.45) is 17.4. The lowest BCUT2D eigenvalue weighted by Gasteiger charge is -2.11. The van der Waals surface area contributed by atoms with Gasteiger partial charge in [0.15, 0.2) is 0 Å². The fraction of sp³-hybridized carbons (Fsp3) is 0.762. The second-order valence-electron chi connectivity index (χ2n) is 7.06. The lowest BCUT2D eigenvalue weighted by Crippen LogP contribution is -2.40. The third kappa shape index (κ3) is 17.3. The molecule has 1 amide bonds. The number of carboxylic acids is 2. The predicted molar refractivity (Wildman–Crippen MR) is 107 cm³/mol. The summed E-state index contributed by atoms with van der Waals surface area (Å²) in [7, 11) is 0. The van der Waals surface area contributed by atoms with Crippen LogP contribution in [0.3, 0.4) is 0 Å². The van der Waals surface area contributed by atoms with Crippen molar-refractivity contribution in [1.29, 1.82) is 0 Å². The van der Waals surface area contributed by atoms with Gasteiger partial charge in [-0.25, -0.2) is 4.79 Å². The lowest BCUT2D eigenvalue weighted by molar-refractivity contribution is -0.142. The molecule has 27 heavy (non-hydrogen) atoms. The molecule has 0 aromatic heterocycles. The molecule has 0 aliphatic carbocycles. The van der Waals surface area contributed by atoms with E-state index in [0.717, 1.165) is 19.3 Å². The summed E-state index contributed by atoms with van der Waals surface area (Å²) in [5.41, 5.74) is 0. The van der Waals surface area contributed by atoms with E-state index in [9.17, 15) is 14.4 Å². The highest BCUT2D eigenvalue weighted by Gasteiger charge is 2.19. The second-order valence-corrected chi connectivity index (χ2v) is 7.06. The van der Waals surface area contributed by atoms with Crippen LogP contribution in [-0.4, -0.2) is 34.1 Å². The van der Waals surface area contributed by atoms with Crippen LogP contribution in [0.5, 0.6) is 0 Å². The van der Waals surface area contributed by atoms with E-state index in [0.29, 0.717) is 0 Å². The predicted octanol–water partition coefficient (Wildman–Crippen LogP) is 4.68. The first-order valence-corrected chi connectivity index (χ1v) is 10.4. The molecule has 0 aromatic rings. The van der Waals surface area contributed by atoms with Gasteiger partial charge in [-0.3, -0.25) is 9.59 Å². The molecule has 1 atom stereocenters. The Morgan fingerprint density at radius 1 is 0.852 bits per heavy atom. The second kappa shape index (κ2) is 17.6. The van der Waals surface area contributed by atoms with Gasteiger partial charge in [-0.05, 0) is 25.3 Å². The molecular weight excluding hydrogens is 346 g/mol. The summed E-state index contributed by atoms with van der Waals surface area (Å²) in [4.78, 5) is 33.2. The van der Waals surface area contributed by atoms with Crippen LogP contribution < -0.4 is 5.32 Å². The molecule has 6 heteroatoms. The van der Waals surface area contributed by atoms with Crippen LogP contribution in [0.2, 0.25) is 0 Å². The van der Waals surface area contributed by atoms with Crippen molar-refractivity contribution in [3.05, 3.63) is 12.2 Å². The zero-order valence-corrected chi connectivity index (χ0v) is 16.8. The summed E-state index contributed by atoms with van der Waals surface area (Å²) >= 11 is 0. The Morgan fingerprint density at radius 2 is 1.37 bits per heavy atom. The third-order valence-corrected chi connectivity index (χ3v) is 4.51. The number of carbonyl (C=O) groups excluding carboxylic acids is 1. The molecule has 0 aliphatic heterocycles. The van der Waals surface area contributed by atoms with E-state index in [-0.39, 0.29) is 12.8 Å². The number of rotatable bonds is 18. The number of hydrogen-bond acceptors (Lipinski definition) is 3. The Morgan fingerprint density at radius 3 is 1.85 bits per heavy atom. The summed E-state index contributed by atoms with van der Waals surface area (Å²) in [6.45, 7) is 2.23. The van der Waals surface area contributed by atoms with E-state index in [1.807, 2.05) is 0 Å². The summed E-state index contributed by atoms with van der Waals surface area (Å²) in [6, 6.07) is -1.17. The molecule has 0 saturated carbocycles. The van der Waals surface area contributed by atoms with Crippen LogP contribution in [0, 0.1) is 0 Å². The topological polar surface area (TPSA) is 104 Å². The van der Waals surface area contributed by atoms with Crippen molar-refractivity contribution in [2.24, 2.45) is 0 Å². The molecule has 0 fully saturated rings. The van der Waals surface area contributed by atoms with E-state index >= 15 is 0 Å². The van der Waals surface area contributed by atoms with Crippen molar-refractivity contribution in [1.82, 2.24) is 5.32 Å². The molecule has 0 rings (SSSR count). The molecule has 0 saturated heterocycles. The van der Waals surface area contributed by atoms with Crippen LogP contribution in [0.4, 0.5) is 0 Å². The van der Waals surface area contributed by atoms with Gasteiger partial charge in [0.1, 0.15) is 6.04 Å². The fourth-order valence-corrected chi connectivity index (χ4v) is 2.86. The van der Waals surface area contributed by atoms with Crippen molar-refractivity contribution in [2.75, 3.05) is 0 Å². The zero-order chi connectivity index (χ0) is 20.3. The van der Waals surface area contributed by atoms with E-state index in [1.54, 1.807) is 6.08 Å². The van der Waals surface area contributed by atoms with Crippen LogP contribution >= 0.6 is 0 Å². The minimum Gasteiger partial charge on any atom is -0.481 e. The van der Waals surface area contributed by atoms with E-state index < -0.39 is 23.9 Å². The highest BCUT2D eigenvalue weighted by Crippen LogP contribution is 2.12. The van der Waals surface area contributed by atoms with Gasteiger partial charge >= 0.3 is 11.9 Å². The Labute approximate surface area is 163 Å². The first-order valence-electron chi connectivity index (χ1n) is 10.4. The number of allylic oxidation sites excluding steroid dienone is 1. The van der Waals surface area contributed by atoms with Gasteiger partial charge in [-0.1, -0.05) is 77.2 Å². The maximum atomic E-state index is 11.7. The molecule has 0 spiro atoms. The SMILES string of the molecule is CCCCCCCCCCCCCC=CC(=O)NC(CCC(=O)O)C(=O)O. The number of unbranched alkanes of at least 4 members (excludes halogenated alkanes) is 11. The van der Waals surface area contributed by atoms with Gasteiger partial charge in [0.05, 0.1) is 0 Å². The number of carbonyl (C=O) groups is 3. The van der Waals surface area contributed by atoms with Gasteiger partial charge in [0.2, 0.25) is 5.91 Å². The lowest BCUT2D eigenvalue weighted by atomic mass is 10.1. The molecule has 0 radical (unpaired) electrons. The highest BCUT2D eigenvalue weighted by molar-refractivity contribution is 5.91. The van der Waals surface area contributed by atoms with Crippen LogP contribution in [0.1, 0.15) is 96.8 Å². The van der Waals surface area contributed by atoms with Gasteiger partial charge < -0.3 is 15.5 Å². The van der Waals surface area contributed by atoms with Gasteiger partial charge in [0.25, 0.3) is 0 Å². The quantitative estimate of drug-likeness (QED) is 0.235. The first kappa shape index (κ1) is 25.1. The monoisotopic (exact) mass is 383 g/mol. The Kier molecular flexibility index (Phi) is 16.4. The maximum Gasteiger partial charge on any atom is 0.326 e. The minimum absolute atomic E-state index is 0.122. The molecule has 1 unspecified atom stereocenters. The van der Waals surface area contributed by atoms with Crippen molar-refractivity contribution in [2.45, 2.75) is 103 Å². The molecule has 0 aliphatic rings. The number of aliphatic carboxylic acids is 2. The normalized spacial score (nSPS) is 12.2. The number of carboxylic acid groups (broad SMARTS) is 2. The van der Waals surface area contributed by atoms with E-state index in [2.05, 4.69) is 12.2 Å². The molecule has 0 heterocycles. The smallest absolute Gasteiger partial charge is 0.326 e.